The number of alkyl halides is 1. The molecule has 2 rings (SSSR count). The molecule has 0 bridgehead atoms. The molecule has 108 valence electrons. The first kappa shape index (κ1) is 15.5. The fourth-order valence-electron chi connectivity index (χ4n) is 1.47. The molecule has 0 heterocycles. The fraction of sp³-hybridized carbons (Fsp3) is 0.133. The second kappa shape index (κ2) is 7.76. The van der Waals surface area contributed by atoms with E-state index in [1.165, 1.54) is 0 Å². The number of hydrogen-bond acceptors (Lipinski definition) is 4. The van der Waals surface area contributed by atoms with Gasteiger partial charge in [0.1, 0.15) is 6.61 Å². The van der Waals surface area contributed by atoms with Crippen molar-refractivity contribution >= 4 is 34.9 Å². The maximum Gasteiger partial charge on any atom is 0.348 e. The van der Waals surface area contributed by atoms with Gasteiger partial charge in [-0.25, -0.2) is 4.79 Å². The zero-order chi connectivity index (χ0) is 15.1. The molecular weight excluding hydrogens is 311 g/mol. The molecule has 2 aromatic rings. The third-order valence-corrected chi connectivity index (χ3v) is 3.04. The van der Waals surface area contributed by atoms with Crippen LogP contribution in [0.4, 0.5) is 5.69 Å². The number of rotatable bonds is 5. The standard InChI is InChI=1S/C15H12Cl2N2O2/c16-12-6-8-13(9-7-12)18-19-14(17)15(20)21-10-11-4-2-1-3-5-11/h1-9,14H,10H2. The highest BCUT2D eigenvalue weighted by atomic mass is 35.5. The molecule has 0 N–H and O–H groups in total. The Kier molecular flexibility index (Phi) is 5.72. The van der Waals surface area contributed by atoms with E-state index in [1.807, 2.05) is 30.3 Å². The summed E-state index contributed by atoms with van der Waals surface area (Å²) in [5, 5.41) is 8.16. The average Bonchev–Trinajstić information content (AvgIpc) is 2.52. The van der Waals surface area contributed by atoms with Gasteiger partial charge in [-0.3, -0.25) is 0 Å². The molecule has 4 nitrogen and oxygen atoms in total. The van der Waals surface area contributed by atoms with Crippen LogP contribution >= 0.6 is 23.2 Å². The van der Waals surface area contributed by atoms with Gasteiger partial charge < -0.3 is 4.74 Å². The average molecular weight is 323 g/mol. The van der Waals surface area contributed by atoms with Gasteiger partial charge in [-0.1, -0.05) is 53.5 Å². The molecule has 0 fully saturated rings. The predicted molar refractivity (Wildman–Crippen MR) is 81.8 cm³/mol. The van der Waals surface area contributed by atoms with Gasteiger partial charge in [0.15, 0.2) is 0 Å². The first-order valence-electron chi connectivity index (χ1n) is 6.16. The zero-order valence-electron chi connectivity index (χ0n) is 10.9. The summed E-state index contributed by atoms with van der Waals surface area (Å²) >= 11 is 11.6. The number of azo groups is 1. The normalized spacial score (nSPS) is 12.3. The molecule has 0 radical (unpaired) electrons. The monoisotopic (exact) mass is 322 g/mol. The van der Waals surface area contributed by atoms with E-state index in [4.69, 9.17) is 27.9 Å². The maximum absolute atomic E-state index is 11.7. The summed E-state index contributed by atoms with van der Waals surface area (Å²) in [6.07, 6.45) is 0. The largest absolute Gasteiger partial charge is 0.458 e. The molecule has 0 aromatic heterocycles. The zero-order valence-corrected chi connectivity index (χ0v) is 12.5. The van der Waals surface area contributed by atoms with Crippen LogP contribution in [0, 0.1) is 0 Å². The molecule has 1 unspecified atom stereocenters. The van der Waals surface area contributed by atoms with Crippen LogP contribution in [0.15, 0.2) is 64.8 Å². The summed E-state index contributed by atoms with van der Waals surface area (Å²) in [7, 11) is 0. The van der Waals surface area contributed by atoms with Crippen LogP contribution in [0.3, 0.4) is 0 Å². The van der Waals surface area contributed by atoms with Crippen molar-refractivity contribution in [3.05, 3.63) is 65.2 Å². The van der Waals surface area contributed by atoms with Gasteiger partial charge in [0, 0.05) is 5.02 Å². The van der Waals surface area contributed by atoms with Gasteiger partial charge in [0.25, 0.3) is 0 Å². The van der Waals surface area contributed by atoms with Crippen LogP contribution in [0.25, 0.3) is 0 Å². The lowest BCUT2D eigenvalue weighted by Crippen LogP contribution is -2.15. The van der Waals surface area contributed by atoms with Gasteiger partial charge in [-0.05, 0) is 29.8 Å². The first-order valence-corrected chi connectivity index (χ1v) is 6.97. The molecule has 2 aromatic carbocycles. The van der Waals surface area contributed by atoms with E-state index in [0.29, 0.717) is 10.7 Å². The number of carbonyl (C=O) groups is 1. The Morgan fingerprint density at radius 1 is 1.10 bits per heavy atom. The molecule has 0 spiro atoms. The van der Waals surface area contributed by atoms with Crippen molar-refractivity contribution in [1.82, 2.24) is 0 Å². The summed E-state index contributed by atoms with van der Waals surface area (Å²) in [5.41, 5.74) is 0.259. The number of benzene rings is 2. The molecule has 0 aliphatic heterocycles. The van der Waals surface area contributed by atoms with Gasteiger partial charge in [0.2, 0.25) is 5.50 Å². The number of esters is 1. The minimum atomic E-state index is -1.18. The highest BCUT2D eigenvalue weighted by Gasteiger charge is 2.15. The molecule has 0 amide bonds. The van der Waals surface area contributed by atoms with E-state index in [0.717, 1.165) is 5.56 Å². The summed E-state index contributed by atoms with van der Waals surface area (Å²) in [5.74, 6) is -0.641. The third kappa shape index (κ3) is 5.17. The highest BCUT2D eigenvalue weighted by molar-refractivity contribution is 6.30. The van der Waals surface area contributed by atoms with Gasteiger partial charge in [-0.2, -0.15) is 10.2 Å². The molecular formula is C15H12Cl2N2O2. The quantitative estimate of drug-likeness (QED) is 0.346. The van der Waals surface area contributed by atoms with Crippen molar-refractivity contribution in [1.29, 1.82) is 0 Å². The Bertz CT molecular complexity index is 615. The summed E-state index contributed by atoms with van der Waals surface area (Å²) in [6, 6.07) is 16.0. The fourth-order valence-corrected chi connectivity index (χ4v) is 1.70. The minimum Gasteiger partial charge on any atom is -0.458 e. The van der Waals surface area contributed by atoms with Crippen LogP contribution in [-0.2, 0) is 16.1 Å². The number of nitrogens with zero attached hydrogens (tertiary/aromatic N) is 2. The topological polar surface area (TPSA) is 51.0 Å². The Hall–Kier alpha value is -1.91. The molecule has 0 aliphatic carbocycles. The molecule has 6 heteroatoms. The van der Waals surface area contributed by atoms with E-state index in [2.05, 4.69) is 10.2 Å². The van der Waals surface area contributed by atoms with Crippen molar-refractivity contribution < 1.29 is 9.53 Å². The molecule has 0 saturated heterocycles. The lowest BCUT2D eigenvalue weighted by molar-refractivity contribution is -0.144. The Balaban J connectivity index is 1.86. The van der Waals surface area contributed by atoms with Crippen molar-refractivity contribution in [2.45, 2.75) is 12.1 Å². The smallest absolute Gasteiger partial charge is 0.348 e. The van der Waals surface area contributed by atoms with Crippen LogP contribution in [0.5, 0.6) is 0 Å². The van der Waals surface area contributed by atoms with E-state index in [1.54, 1.807) is 24.3 Å². The van der Waals surface area contributed by atoms with E-state index in [9.17, 15) is 4.79 Å². The van der Waals surface area contributed by atoms with Crippen molar-refractivity contribution in [3.63, 3.8) is 0 Å². The van der Waals surface area contributed by atoms with Crippen LogP contribution in [0.1, 0.15) is 5.56 Å². The second-order valence-electron chi connectivity index (χ2n) is 4.12. The summed E-state index contributed by atoms with van der Waals surface area (Å²) in [6.45, 7) is 0.152. The van der Waals surface area contributed by atoms with Crippen LogP contribution in [0.2, 0.25) is 5.02 Å². The predicted octanol–water partition coefficient (Wildman–Crippen LogP) is 4.73. The van der Waals surface area contributed by atoms with Crippen molar-refractivity contribution in [2.75, 3.05) is 0 Å². The molecule has 1 atom stereocenters. The Labute approximate surface area is 132 Å². The summed E-state index contributed by atoms with van der Waals surface area (Å²) in [4.78, 5) is 11.7. The lowest BCUT2D eigenvalue weighted by atomic mass is 10.2. The maximum atomic E-state index is 11.7. The van der Waals surface area contributed by atoms with Crippen LogP contribution < -0.4 is 0 Å². The number of halogens is 2. The second-order valence-corrected chi connectivity index (χ2v) is 4.97. The van der Waals surface area contributed by atoms with Gasteiger partial charge in [-0.15, -0.1) is 0 Å². The highest BCUT2D eigenvalue weighted by Crippen LogP contribution is 2.17. The van der Waals surface area contributed by atoms with E-state index in [-0.39, 0.29) is 6.61 Å². The van der Waals surface area contributed by atoms with E-state index < -0.39 is 11.5 Å². The SMILES string of the molecule is O=C(OCc1ccccc1)C(Cl)N=Nc1ccc(Cl)cc1. The van der Waals surface area contributed by atoms with Crippen LogP contribution in [-0.4, -0.2) is 11.5 Å². The van der Waals surface area contributed by atoms with Crippen molar-refractivity contribution in [3.8, 4) is 0 Å². The summed E-state index contributed by atoms with van der Waals surface area (Å²) < 4.78 is 5.05. The lowest BCUT2D eigenvalue weighted by Gasteiger charge is -2.05. The minimum absolute atomic E-state index is 0.152. The van der Waals surface area contributed by atoms with E-state index >= 15 is 0 Å². The Morgan fingerprint density at radius 3 is 2.43 bits per heavy atom. The van der Waals surface area contributed by atoms with Gasteiger partial charge >= 0.3 is 5.97 Å². The number of ether oxygens (including phenoxy) is 1. The molecule has 0 aliphatic rings. The molecule has 0 saturated carbocycles. The van der Waals surface area contributed by atoms with Crippen molar-refractivity contribution in [2.24, 2.45) is 10.2 Å². The number of carbonyl (C=O) groups excluding carboxylic acids is 1. The number of hydrogen-bond donors (Lipinski definition) is 0. The Morgan fingerprint density at radius 2 is 1.76 bits per heavy atom. The van der Waals surface area contributed by atoms with Gasteiger partial charge in [0.05, 0.1) is 5.69 Å². The third-order valence-electron chi connectivity index (χ3n) is 2.52. The molecule has 21 heavy (non-hydrogen) atoms. The first-order chi connectivity index (χ1) is 10.1.